The van der Waals surface area contributed by atoms with Crippen LogP contribution in [0.5, 0.6) is 0 Å². The molecule has 1 amide bonds. The number of hydrogen-bond donors (Lipinski definition) is 1. The molecule has 1 spiro atoms. The van der Waals surface area contributed by atoms with Crippen LogP contribution >= 0.6 is 0 Å². The van der Waals surface area contributed by atoms with Crippen molar-refractivity contribution in [3.8, 4) is 0 Å². The molecule has 4 rings (SSSR count). The van der Waals surface area contributed by atoms with Crippen LogP contribution in [0.2, 0.25) is 0 Å². The molecule has 2 aromatic carbocycles. The molecule has 0 aromatic heterocycles. The van der Waals surface area contributed by atoms with E-state index in [1.165, 1.54) is 0 Å². The lowest BCUT2D eigenvalue weighted by atomic mass is 9.81. The molecule has 2 aliphatic rings. The highest BCUT2D eigenvalue weighted by molar-refractivity contribution is 7.89. The molecule has 1 saturated heterocycles. The molecule has 8 heteroatoms. The molecule has 25 heavy (non-hydrogen) atoms. The van der Waals surface area contributed by atoms with Gasteiger partial charge in [-0.25, -0.2) is 17.2 Å². The zero-order valence-electron chi connectivity index (χ0n) is 13.0. The number of nitrogens with zero attached hydrogens (tertiary/aromatic N) is 1. The fraction of sp³-hybridized carbons (Fsp3) is 0.235. The number of carbonyl (C=O) groups excluding carboxylic acids is 1. The molecule has 130 valence electrons. The van der Waals surface area contributed by atoms with Gasteiger partial charge in [0, 0.05) is 18.8 Å². The lowest BCUT2D eigenvalue weighted by Crippen LogP contribution is -2.39. The molecule has 1 fully saturated rings. The average Bonchev–Trinajstić information content (AvgIpc) is 3.15. The van der Waals surface area contributed by atoms with Gasteiger partial charge in [-0.1, -0.05) is 18.2 Å². The van der Waals surface area contributed by atoms with Crippen LogP contribution in [-0.2, 0) is 20.2 Å². The van der Waals surface area contributed by atoms with E-state index >= 15 is 0 Å². The molecular formula is C17H14F2N2O3S. The van der Waals surface area contributed by atoms with Gasteiger partial charge in [-0.2, -0.15) is 4.31 Å². The summed E-state index contributed by atoms with van der Waals surface area (Å²) < 4.78 is 53.2. The topological polar surface area (TPSA) is 66.5 Å². The number of anilines is 1. The third-order valence-electron chi connectivity index (χ3n) is 4.89. The van der Waals surface area contributed by atoms with Crippen LogP contribution in [-0.4, -0.2) is 31.7 Å². The third-order valence-corrected chi connectivity index (χ3v) is 6.73. The first kappa shape index (κ1) is 16.2. The van der Waals surface area contributed by atoms with Crippen LogP contribution in [0.15, 0.2) is 47.4 Å². The van der Waals surface area contributed by atoms with Crippen LogP contribution in [0.25, 0.3) is 0 Å². The second-order valence-corrected chi connectivity index (χ2v) is 8.18. The fourth-order valence-electron chi connectivity index (χ4n) is 3.55. The van der Waals surface area contributed by atoms with Crippen LogP contribution < -0.4 is 5.32 Å². The summed E-state index contributed by atoms with van der Waals surface area (Å²) in [5, 5.41) is 2.79. The van der Waals surface area contributed by atoms with Crippen molar-refractivity contribution in [2.75, 3.05) is 18.4 Å². The molecule has 1 N–H and O–H groups in total. The summed E-state index contributed by atoms with van der Waals surface area (Å²) in [4.78, 5) is 12.2. The van der Waals surface area contributed by atoms with Crippen LogP contribution in [0.1, 0.15) is 12.0 Å². The molecule has 0 bridgehead atoms. The zero-order chi connectivity index (χ0) is 17.8. The highest BCUT2D eigenvalue weighted by atomic mass is 32.2. The van der Waals surface area contributed by atoms with Gasteiger partial charge in [0.25, 0.3) is 0 Å². The molecule has 1 atom stereocenters. The number of amides is 1. The molecule has 2 aliphatic heterocycles. The number of para-hydroxylation sites is 1. The van der Waals surface area contributed by atoms with Gasteiger partial charge in [0.15, 0.2) is 11.6 Å². The first-order chi connectivity index (χ1) is 11.8. The SMILES string of the molecule is O=C1Nc2ccccc2C12CCN(S(=O)(=O)c1ccc(F)c(F)c1)C2. The van der Waals surface area contributed by atoms with Crippen molar-refractivity contribution in [1.82, 2.24) is 4.31 Å². The van der Waals surface area contributed by atoms with Crippen LogP contribution in [0.4, 0.5) is 14.5 Å². The Balaban J connectivity index is 1.71. The number of benzene rings is 2. The van der Waals surface area contributed by atoms with E-state index in [0.717, 1.165) is 22.0 Å². The maximum atomic E-state index is 13.4. The maximum absolute atomic E-state index is 13.4. The van der Waals surface area contributed by atoms with Crippen LogP contribution in [0.3, 0.4) is 0 Å². The van der Waals surface area contributed by atoms with Crippen molar-refractivity contribution in [3.63, 3.8) is 0 Å². The lowest BCUT2D eigenvalue weighted by Gasteiger charge is -2.22. The summed E-state index contributed by atoms with van der Waals surface area (Å²) in [6.07, 6.45) is 0.332. The van der Waals surface area contributed by atoms with Crippen molar-refractivity contribution in [1.29, 1.82) is 0 Å². The van der Waals surface area contributed by atoms with Gasteiger partial charge in [0.05, 0.1) is 10.3 Å². The normalized spacial score (nSPS) is 23.0. The maximum Gasteiger partial charge on any atom is 0.243 e. The Bertz CT molecular complexity index is 993. The van der Waals surface area contributed by atoms with Gasteiger partial charge in [0.2, 0.25) is 15.9 Å². The minimum absolute atomic E-state index is 0.0306. The number of sulfonamides is 1. The average molecular weight is 364 g/mol. The summed E-state index contributed by atoms with van der Waals surface area (Å²) in [6.45, 7) is 0.0975. The van der Waals surface area contributed by atoms with E-state index in [4.69, 9.17) is 0 Å². The minimum atomic E-state index is -4.02. The number of halogens is 2. The van der Waals surface area contributed by atoms with E-state index in [9.17, 15) is 22.0 Å². The molecule has 0 aliphatic carbocycles. The monoisotopic (exact) mass is 364 g/mol. The molecular weight excluding hydrogens is 350 g/mol. The quantitative estimate of drug-likeness (QED) is 0.889. The molecule has 5 nitrogen and oxygen atoms in total. The summed E-state index contributed by atoms with van der Waals surface area (Å²) in [7, 11) is -4.02. The summed E-state index contributed by atoms with van der Waals surface area (Å²) in [5.41, 5.74) is 0.505. The Kier molecular flexibility index (Phi) is 3.45. The number of nitrogens with one attached hydrogen (secondary N) is 1. The van der Waals surface area contributed by atoms with Gasteiger partial charge in [-0.3, -0.25) is 4.79 Å². The summed E-state index contributed by atoms with van der Waals surface area (Å²) in [5.74, 6) is -2.57. The largest absolute Gasteiger partial charge is 0.325 e. The van der Waals surface area contributed by atoms with E-state index in [-0.39, 0.29) is 23.9 Å². The van der Waals surface area contributed by atoms with Crippen molar-refractivity contribution < 1.29 is 22.0 Å². The Morgan fingerprint density at radius 3 is 2.60 bits per heavy atom. The second-order valence-electron chi connectivity index (χ2n) is 6.25. The molecule has 1 unspecified atom stereocenters. The van der Waals surface area contributed by atoms with Gasteiger partial charge in [-0.05, 0) is 36.2 Å². The van der Waals surface area contributed by atoms with E-state index in [1.54, 1.807) is 24.3 Å². The molecule has 0 radical (unpaired) electrons. The molecule has 2 aromatic rings. The predicted octanol–water partition coefficient (Wildman–Crippen LogP) is 2.25. The van der Waals surface area contributed by atoms with Crippen molar-refractivity contribution >= 4 is 21.6 Å². The molecule has 2 heterocycles. The van der Waals surface area contributed by atoms with E-state index in [0.29, 0.717) is 18.2 Å². The minimum Gasteiger partial charge on any atom is -0.325 e. The standard InChI is InChI=1S/C17H14F2N2O3S/c18-13-6-5-11(9-14(13)19)25(23,24)21-8-7-17(10-21)12-3-1-2-4-15(12)20-16(17)22/h1-6,9H,7-8,10H2,(H,20,22). The number of fused-ring (bicyclic) bond motifs is 2. The van der Waals surface area contributed by atoms with E-state index in [2.05, 4.69) is 5.32 Å². The first-order valence-corrected chi connectivity index (χ1v) is 9.15. The lowest BCUT2D eigenvalue weighted by molar-refractivity contribution is -0.120. The van der Waals surface area contributed by atoms with Gasteiger partial charge in [-0.15, -0.1) is 0 Å². The third kappa shape index (κ3) is 2.28. The Hall–Kier alpha value is -2.32. The summed E-state index contributed by atoms with van der Waals surface area (Å²) >= 11 is 0. The highest BCUT2D eigenvalue weighted by Gasteiger charge is 2.53. The van der Waals surface area contributed by atoms with Gasteiger partial charge < -0.3 is 5.32 Å². The fourth-order valence-corrected chi connectivity index (χ4v) is 5.06. The highest BCUT2D eigenvalue weighted by Crippen LogP contribution is 2.45. The summed E-state index contributed by atoms with van der Waals surface area (Å²) in [6, 6.07) is 9.65. The zero-order valence-corrected chi connectivity index (χ0v) is 13.8. The number of hydrogen-bond acceptors (Lipinski definition) is 3. The number of carbonyl (C=O) groups is 1. The first-order valence-electron chi connectivity index (χ1n) is 7.71. The van der Waals surface area contributed by atoms with Crippen molar-refractivity contribution in [3.05, 3.63) is 59.7 Å². The van der Waals surface area contributed by atoms with E-state index < -0.39 is 27.1 Å². The molecule has 0 saturated carbocycles. The van der Waals surface area contributed by atoms with E-state index in [1.807, 2.05) is 0 Å². The van der Waals surface area contributed by atoms with Crippen LogP contribution in [0, 0.1) is 11.6 Å². The predicted molar refractivity (Wildman–Crippen MR) is 86.5 cm³/mol. The Morgan fingerprint density at radius 1 is 1.08 bits per heavy atom. The number of rotatable bonds is 2. The van der Waals surface area contributed by atoms with Crippen molar-refractivity contribution in [2.24, 2.45) is 0 Å². The van der Waals surface area contributed by atoms with Crippen molar-refractivity contribution in [2.45, 2.75) is 16.7 Å². The second kappa shape index (κ2) is 5.34. The van der Waals surface area contributed by atoms with Gasteiger partial charge >= 0.3 is 0 Å². The smallest absolute Gasteiger partial charge is 0.243 e. The Labute approximate surface area is 143 Å². The van der Waals surface area contributed by atoms with Gasteiger partial charge in [0.1, 0.15) is 0 Å². The Morgan fingerprint density at radius 2 is 1.84 bits per heavy atom.